The van der Waals surface area contributed by atoms with Gasteiger partial charge < -0.3 is 49.7 Å². The van der Waals surface area contributed by atoms with Crippen molar-refractivity contribution in [2.24, 2.45) is 17.8 Å². The number of aromatic amines is 2. The Kier molecular flexibility index (Phi) is 15.7. The molecule has 5 aromatic rings. The minimum atomic E-state index is -4.39. The summed E-state index contributed by atoms with van der Waals surface area (Å²) >= 11 is 0. The number of hydrogen-bond donors (Lipinski definition) is 4. The summed E-state index contributed by atoms with van der Waals surface area (Å²) in [6.45, 7) is 10.0. The summed E-state index contributed by atoms with van der Waals surface area (Å²) in [5, 5.41) is 5.33. The number of nitrogens with one attached hydrogen (secondary N) is 4. The number of imidazole rings is 2. The summed E-state index contributed by atoms with van der Waals surface area (Å²) in [5.41, 5.74) is 4.18. The molecule has 3 aliphatic rings. The number of rotatable bonds is 15. The maximum Gasteiger partial charge on any atom is 0.407 e. The van der Waals surface area contributed by atoms with Gasteiger partial charge in [0.15, 0.2) is 11.6 Å². The van der Waals surface area contributed by atoms with Crippen LogP contribution in [0.2, 0.25) is 0 Å². The van der Waals surface area contributed by atoms with Gasteiger partial charge in [0, 0.05) is 31.9 Å². The van der Waals surface area contributed by atoms with E-state index in [0.717, 1.165) is 23.1 Å². The first-order valence-electron chi connectivity index (χ1n) is 25.1. The predicted molar refractivity (Wildman–Crippen MR) is 264 cm³/mol. The predicted octanol–water partition coefficient (Wildman–Crippen LogP) is 9.74. The normalized spacial score (nSPS) is 19.5. The van der Waals surface area contributed by atoms with Crippen LogP contribution in [0.1, 0.15) is 120 Å². The Morgan fingerprint density at radius 1 is 0.753 bits per heavy atom. The SMILES string of the molecule is CCCN(Cc1nc2cc([C@H]3CC[C@H](c4ccc5[nH]c([C@@H]6CCCN6C(=O)C(NC(=O)OC)C(C)C)nc5c4)N3c3cc(F)c(N4CCC(C(F)(F)F)CC4)c(F)c3)ccc2[nH]1)C(=O)C(NC(=O)OC)C(C)C. The monoisotopic (exact) mass is 1020 g/mol. The minimum Gasteiger partial charge on any atom is -0.453 e. The molecule has 2 aromatic heterocycles. The molecular weight excluding hydrogens is 956 g/mol. The zero-order valence-corrected chi connectivity index (χ0v) is 42.2. The molecule has 5 heterocycles. The van der Waals surface area contributed by atoms with Gasteiger partial charge in [0.25, 0.3) is 0 Å². The van der Waals surface area contributed by atoms with Crippen LogP contribution >= 0.6 is 0 Å². The molecule has 5 atom stereocenters. The number of fused-ring (bicyclic) bond motifs is 2. The quantitative estimate of drug-likeness (QED) is 0.0738. The van der Waals surface area contributed by atoms with E-state index in [1.165, 1.54) is 31.3 Å². The largest absolute Gasteiger partial charge is 0.453 e. The number of anilines is 2. The van der Waals surface area contributed by atoms with Crippen LogP contribution in [0.3, 0.4) is 0 Å². The highest BCUT2D eigenvalue weighted by atomic mass is 19.4. The third-order valence-corrected chi connectivity index (χ3v) is 14.6. The molecule has 0 spiro atoms. The number of methoxy groups -OCH3 is 2. The van der Waals surface area contributed by atoms with Crippen molar-refractivity contribution in [3.8, 4) is 0 Å². The maximum absolute atomic E-state index is 16.5. The van der Waals surface area contributed by atoms with E-state index in [2.05, 4.69) is 20.6 Å². The highest BCUT2D eigenvalue weighted by Crippen LogP contribution is 2.49. The highest BCUT2D eigenvalue weighted by molar-refractivity contribution is 5.87. The Morgan fingerprint density at radius 3 is 1.86 bits per heavy atom. The molecule has 16 nitrogen and oxygen atoms in total. The van der Waals surface area contributed by atoms with E-state index >= 15 is 8.78 Å². The topological polar surface area (TPSA) is 181 Å². The molecule has 8 rings (SSSR count). The molecule has 0 radical (unpaired) electrons. The molecule has 3 fully saturated rings. The average molecular weight is 1020 g/mol. The number of aromatic nitrogens is 4. The lowest BCUT2D eigenvalue weighted by atomic mass is 9.95. The van der Waals surface area contributed by atoms with Crippen molar-refractivity contribution in [1.29, 1.82) is 0 Å². The number of H-pyrrole nitrogens is 2. The number of carbonyl (C=O) groups is 4. The summed E-state index contributed by atoms with van der Waals surface area (Å²) in [4.78, 5) is 75.5. The molecular formula is C52H65F5N10O6. The second-order valence-electron chi connectivity index (χ2n) is 20.1. The van der Waals surface area contributed by atoms with Crippen LogP contribution in [-0.4, -0.2) is 112 Å². The van der Waals surface area contributed by atoms with Crippen molar-refractivity contribution in [1.82, 2.24) is 40.4 Å². The maximum atomic E-state index is 16.5. The summed E-state index contributed by atoms with van der Waals surface area (Å²) < 4.78 is 83.2. The van der Waals surface area contributed by atoms with Gasteiger partial charge in [0.2, 0.25) is 11.8 Å². The van der Waals surface area contributed by atoms with Crippen LogP contribution in [0.25, 0.3) is 22.1 Å². The number of benzene rings is 3. The fraction of sp³-hybridized carbons (Fsp3) is 0.538. The van der Waals surface area contributed by atoms with Crippen molar-refractivity contribution in [3.63, 3.8) is 0 Å². The van der Waals surface area contributed by atoms with Crippen LogP contribution < -0.4 is 20.4 Å². The Morgan fingerprint density at radius 2 is 1.32 bits per heavy atom. The number of amides is 4. The van der Waals surface area contributed by atoms with Gasteiger partial charge in [-0.05, 0) is 104 Å². The lowest BCUT2D eigenvalue weighted by Crippen LogP contribution is -2.51. The molecule has 21 heteroatoms. The Labute approximate surface area is 420 Å². The van der Waals surface area contributed by atoms with Gasteiger partial charge in [-0.15, -0.1) is 0 Å². The van der Waals surface area contributed by atoms with Crippen molar-refractivity contribution >= 4 is 57.4 Å². The number of ether oxygens (including phenoxy) is 2. The fourth-order valence-electron chi connectivity index (χ4n) is 10.8. The van der Waals surface area contributed by atoms with Crippen LogP contribution in [0, 0.1) is 29.4 Å². The first-order valence-corrected chi connectivity index (χ1v) is 25.1. The van der Waals surface area contributed by atoms with E-state index in [4.69, 9.17) is 19.4 Å². The number of piperidine rings is 1. The van der Waals surface area contributed by atoms with E-state index in [9.17, 15) is 32.3 Å². The number of nitrogens with zero attached hydrogens (tertiary/aromatic N) is 6. The molecule has 4 N–H and O–H groups in total. The lowest BCUT2D eigenvalue weighted by molar-refractivity contribution is -0.179. The number of alkyl halides is 3. The number of carbonyl (C=O) groups excluding carboxylic acids is 4. The van der Waals surface area contributed by atoms with Gasteiger partial charge in [-0.3, -0.25) is 9.59 Å². The van der Waals surface area contributed by atoms with Gasteiger partial charge in [0.05, 0.1) is 66.9 Å². The minimum absolute atomic E-state index is 0.136. The van der Waals surface area contributed by atoms with Gasteiger partial charge in [-0.25, -0.2) is 28.3 Å². The zero-order chi connectivity index (χ0) is 52.5. The van der Waals surface area contributed by atoms with E-state index in [1.54, 1.807) is 9.80 Å². The standard InChI is InChI=1S/C52H65F5N10O6/c1-8-19-65(48(68)44(28(2)3)62-50(70)72-6)27-43-58-36-13-11-30(23-38(36)59-43)40-15-16-41(67(40)33-25-34(53)46(35(54)26-33)64-21-17-32(18-22-64)52(55,56)57)31-12-14-37-39(24-31)61-47(60-37)42-10-9-20-66(42)49(69)45(29(4)5)63-51(71)73-7/h11-14,23-26,28-29,32,40-42,44-45H,8-10,15-22,27H2,1-7H3,(H,58,59)(H,60,61)(H,62,70)(H,63,71)/t40-,41-,42+,44?,45?/m1/s1. The first kappa shape index (κ1) is 52.6. The van der Waals surface area contributed by atoms with E-state index < -0.39 is 60.1 Å². The first-order chi connectivity index (χ1) is 34.8. The van der Waals surface area contributed by atoms with Crippen molar-refractivity contribution in [2.75, 3.05) is 50.2 Å². The summed E-state index contributed by atoms with van der Waals surface area (Å²) in [6.07, 6.45) is -3.18. The van der Waals surface area contributed by atoms with Crippen LogP contribution in [0.15, 0.2) is 48.5 Å². The van der Waals surface area contributed by atoms with Crippen LogP contribution in [0.5, 0.6) is 0 Å². The highest BCUT2D eigenvalue weighted by Gasteiger charge is 2.43. The van der Waals surface area contributed by atoms with Gasteiger partial charge in [0.1, 0.15) is 29.4 Å². The third kappa shape index (κ3) is 11.1. The molecule has 0 bridgehead atoms. The Balaban J connectivity index is 1.12. The molecule has 0 saturated carbocycles. The number of hydrogen-bond acceptors (Lipinski definition) is 10. The molecule has 0 aliphatic carbocycles. The van der Waals surface area contributed by atoms with Crippen molar-refractivity contribution < 1.29 is 50.6 Å². The van der Waals surface area contributed by atoms with E-state index in [1.807, 2.05) is 75.9 Å². The van der Waals surface area contributed by atoms with Crippen LogP contribution in [-0.2, 0) is 25.6 Å². The Hall–Kier alpha value is -6.67. The second kappa shape index (κ2) is 21.8. The Bertz CT molecular complexity index is 2790. The summed E-state index contributed by atoms with van der Waals surface area (Å²) in [6, 6.07) is 11.2. The summed E-state index contributed by atoms with van der Waals surface area (Å²) in [7, 11) is 2.48. The van der Waals surface area contributed by atoms with Gasteiger partial charge in [-0.1, -0.05) is 46.8 Å². The zero-order valence-electron chi connectivity index (χ0n) is 42.2. The number of halogens is 5. The van der Waals surface area contributed by atoms with Gasteiger partial charge >= 0.3 is 18.4 Å². The number of alkyl carbamates (subject to hydrolysis) is 2. The number of likely N-dealkylation sites (tertiary alicyclic amines) is 1. The van der Waals surface area contributed by atoms with Gasteiger partial charge in [-0.2, -0.15) is 13.2 Å². The van der Waals surface area contributed by atoms with Crippen molar-refractivity contribution in [2.45, 2.75) is 122 Å². The van der Waals surface area contributed by atoms with E-state index in [0.29, 0.717) is 67.0 Å². The average Bonchev–Trinajstić information content (AvgIpc) is 4.19. The fourth-order valence-corrected chi connectivity index (χ4v) is 10.8. The molecule has 3 aromatic carbocycles. The van der Waals surface area contributed by atoms with E-state index in [-0.39, 0.29) is 73.5 Å². The van der Waals surface area contributed by atoms with Crippen molar-refractivity contribution in [3.05, 3.63) is 82.9 Å². The molecule has 3 aliphatic heterocycles. The smallest absolute Gasteiger partial charge is 0.407 e. The molecule has 2 unspecified atom stereocenters. The third-order valence-electron chi connectivity index (χ3n) is 14.6. The lowest BCUT2D eigenvalue weighted by Gasteiger charge is -2.36. The summed E-state index contributed by atoms with van der Waals surface area (Å²) in [5.74, 6) is -3.15. The molecule has 3 saturated heterocycles. The molecule has 4 amide bonds. The van der Waals surface area contributed by atoms with Crippen LogP contribution in [0.4, 0.5) is 42.9 Å². The molecule has 394 valence electrons. The second-order valence-corrected chi connectivity index (χ2v) is 20.1. The molecule has 73 heavy (non-hydrogen) atoms.